The van der Waals surface area contributed by atoms with Crippen LogP contribution < -0.4 is 18.9 Å². The number of H-pyrrole nitrogens is 2. The first kappa shape index (κ1) is 84.7. The zero-order chi connectivity index (χ0) is 74.9. The van der Waals surface area contributed by atoms with Gasteiger partial charge in [0.15, 0.2) is 0 Å². The van der Waals surface area contributed by atoms with E-state index in [1.807, 2.05) is 0 Å². The van der Waals surface area contributed by atoms with Crippen LogP contribution in [0.15, 0.2) is 121 Å². The van der Waals surface area contributed by atoms with Crippen molar-refractivity contribution in [2.75, 3.05) is 26.4 Å². The molecular weight excluding hydrogens is 1320 g/mol. The molecule has 0 aliphatic carbocycles. The minimum Gasteiger partial charge on any atom is -0.494 e. The van der Waals surface area contributed by atoms with Crippen molar-refractivity contribution in [3.8, 4) is 67.5 Å². The first-order valence-electron chi connectivity index (χ1n) is 44.6. The van der Waals surface area contributed by atoms with Gasteiger partial charge in [0.25, 0.3) is 0 Å². The Hall–Kier alpha value is -7.32. The number of nitrogens with one attached hydrogen (secondary N) is 2. The van der Waals surface area contributed by atoms with E-state index >= 15 is 0 Å². The minimum atomic E-state index is 0.718. The Labute approximate surface area is 655 Å². The molecule has 7 aromatic rings. The van der Waals surface area contributed by atoms with Crippen molar-refractivity contribution in [2.45, 2.75) is 336 Å². The van der Waals surface area contributed by atoms with Crippen molar-refractivity contribution >= 4 is 46.4 Å². The molecule has 0 spiro atoms. The fraction of sp³-hybridized carbons (Fsp3) is 0.560. The summed E-state index contributed by atoms with van der Waals surface area (Å²) in [7, 11) is 0. The van der Waals surface area contributed by atoms with Crippen LogP contribution in [0.1, 0.15) is 359 Å². The van der Waals surface area contributed by atoms with Crippen molar-refractivity contribution in [3.05, 3.63) is 144 Å². The molecule has 0 radical (unpaired) electrons. The number of benzene rings is 4. The zero-order valence-electron chi connectivity index (χ0n) is 68.2. The van der Waals surface area contributed by atoms with Gasteiger partial charge in [0.1, 0.15) is 23.0 Å². The van der Waals surface area contributed by atoms with Crippen LogP contribution in [0.4, 0.5) is 0 Å². The van der Waals surface area contributed by atoms with Crippen LogP contribution in [0.5, 0.6) is 23.0 Å². The Kier molecular flexibility index (Phi) is 40.7. The number of aromatic nitrogens is 4. The predicted octanol–water partition coefficient (Wildman–Crippen LogP) is 31.6. The molecule has 2 aliphatic rings. The van der Waals surface area contributed by atoms with Crippen LogP contribution in [0, 0.1) is 0 Å². The van der Waals surface area contributed by atoms with E-state index in [0.717, 1.165) is 164 Å². The number of hydrogen-bond acceptors (Lipinski definition) is 6. The Morgan fingerprint density at radius 3 is 0.519 bits per heavy atom. The van der Waals surface area contributed by atoms with Gasteiger partial charge in [-0.3, -0.25) is 0 Å². The van der Waals surface area contributed by atoms with Crippen LogP contribution in [-0.4, -0.2) is 46.4 Å². The summed E-state index contributed by atoms with van der Waals surface area (Å²) in [5.74, 6) is 3.55. The lowest BCUT2D eigenvalue weighted by Crippen LogP contribution is -1.97. The molecule has 5 heterocycles. The number of ether oxygens (including phenoxy) is 4. The average Bonchev–Trinajstić information content (AvgIpc) is 1.61. The molecule has 2 N–H and O–H groups in total. The van der Waals surface area contributed by atoms with Crippen LogP contribution in [0.25, 0.3) is 90.9 Å². The third kappa shape index (κ3) is 30.2. The number of hydrogen-bond donors (Lipinski definition) is 2. The summed E-state index contributed by atoms with van der Waals surface area (Å²) < 4.78 is 25.8. The van der Waals surface area contributed by atoms with Crippen molar-refractivity contribution in [1.82, 2.24) is 19.9 Å². The summed E-state index contributed by atoms with van der Waals surface area (Å²) in [5.41, 5.74) is 15.6. The summed E-state index contributed by atoms with van der Waals surface area (Å²) in [6, 6.07) is 43.7. The van der Waals surface area contributed by atoms with E-state index in [1.165, 1.54) is 283 Å². The highest BCUT2D eigenvalue weighted by atomic mass is 16.5. The van der Waals surface area contributed by atoms with E-state index < -0.39 is 0 Å². The van der Waals surface area contributed by atoms with E-state index in [4.69, 9.17) is 28.9 Å². The molecule has 0 amide bonds. The summed E-state index contributed by atoms with van der Waals surface area (Å²) in [6.45, 7) is 12.1. The number of unbranched alkanes of at least 4 members (excludes halogenated alkanes) is 44. The highest BCUT2D eigenvalue weighted by molar-refractivity contribution is 6.00. The summed E-state index contributed by atoms with van der Waals surface area (Å²) >= 11 is 0. The molecule has 4 aromatic carbocycles. The van der Waals surface area contributed by atoms with Crippen LogP contribution in [0.2, 0.25) is 0 Å². The van der Waals surface area contributed by atoms with Gasteiger partial charge in [-0.05, 0) is 145 Å². The standard InChI is InChI=1S/C100H142N4O4/c1-5-9-13-17-21-25-29-33-37-41-45-49-77-105-85-61-53-81(54-62-85)97-89-69-71-91(101-89)98(82-55-63-86(64-56-82)106-78-50-46-42-38-34-30-26-22-18-14-10-6-2)93-73-75-95(103-93)100(84-59-67-88(68-60-84)108-80-52-48-44-40-36-32-28-24-20-16-12-8-4)96-76-74-94(104-96)99(92-72-70-90(97)102-92)83-57-65-87(66-58-83)107-79-51-47-43-39-35-31-27-23-19-15-11-7-3/h53-76,101,104H,5-52,77-80H2,1-4H3. The van der Waals surface area contributed by atoms with E-state index in [9.17, 15) is 0 Å². The lowest BCUT2D eigenvalue weighted by molar-refractivity contribution is 0.304. The van der Waals surface area contributed by atoms with Crippen molar-refractivity contribution in [2.24, 2.45) is 0 Å². The molecule has 586 valence electrons. The second kappa shape index (κ2) is 52.0. The lowest BCUT2D eigenvalue weighted by atomic mass is 10.0. The van der Waals surface area contributed by atoms with Gasteiger partial charge in [0.2, 0.25) is 0 Å². The average molecular weight is 1460 g/mol. The van der Waals surface area contributed by atoms with Crippen molar-refractivity contribution in [3.63, 3.8) is 0 Å². The first-order valence-corrected chi connectivity index (χ1v) is 44.6. The van der Waals surface area contributed by atoms with Gasteiger partial charge in [0.05, 0.1) is 49.2 Å². The van der Waals surface area contributed by atoms with Gasteiger partial charge >= 0.3 is 0 Å². The van der Waals surface area contributed by atoms with E-state index in [2.05, 4.69) is 183 Å². The van der Waals surface area contributed by atoms with Crippen LogP contribution >= 0.6 is 0 Å². The molecule has 3 aromatic heterocycles. The SMILES string of the molecule is CCCCCCCCCCCCCCOc1ccc(-c2c3nc(c(-c4ccc(OCCCCCCCCCCCCCC)cc4)c4ccc([nH]4)c(-c4ccc(OCCCCCCCCCCCCCC)cc4)c4nc(c(-c5ccc(OCCCCCCCCCCCCCC)cc5)c5ccc2[nH]5)C=C4)C=C3)cc1. The number of fused-ring (bicyclic) bond motifs is 8. The van der Waals surface area contributed by atoms with E-state index in [0.29, 0.717) is 0 Å². The largest absolute Gasteiger partial charge is 0.494 e. The number of nitrogens with zero attached hydrogens (tertiary/aromatic N) is 2. The Balaban J connectivity index is 1.00. The quantitative estimate of drug-likeness (QED) is 0.0369. The molecule has 8 nitrogen and oxygen atoms in total. The van der Waals surface area contributed by atoms with Crippen LogP contribution in [-0.2, 0) is 0 Å². The molecule has 8 bridgehead atoms. The third-order valence-electron chi connectivity index (χ3n) is 22.4. The van der Waals surface area contributed by atoms with Gasteiger partial charge in [-0.25, -0.2) is 9.97 Å². The van der Waals surface area contributed by atoms with Gasteiger partial charge in [-0.15, -0.1) is 0 Å². The molecule has 0 unspecified atom stereocenters. The van der Waals surface area contributed by atoms with E-state index in [-0.39, 0.29) is 0 Å². The number of aromatic amines is 2. The highest BCUT2D eigenvalue weighted by Crippen LogP contribution is 2.40. The second-order valence-corrected chi connectivity index (χ2v) is 31.6. The Morgan fingerprint density at radius 1 is 0.194 bits per heavy atom. The first-order chi connectivity index (χ1) is 53.5. The summed E-state index contributed by atoms with van der Waals surface area (Å²) in [5, 5.41) is 0. The monoisotopic (exact) mass is 1460 g/mol. The van der Waals surface area contributed by atoms with Gasteiger partial charge < -0.3 is 28.9 Å². The van der Waals surface area contributed by atoms with Crippen molar-refractivity contribution in [1.29, 1.82) is 0 Å². The van der Waals surface area contributed by atoms with Gasteiger partial charge in [-0.1, -0.05) is 359 Å². The molecule has 0 saturated carbocycles. The second-order valence-electron chi connectivity index (χ2n) is 31.6. The Bertz CT molecular complexity index is 3300. The van der Waals surface area contributed by atoms with Gasteiger partial charge in [0, 0.05) is 44.3 Å². The van der Waals surface area contributed by atoms with Crippen LogP contribution in [0.3, 0.4) is 0 Å². The smallest absolute Gasteiger partial charge is 0.119 e. The maximum Gasteiger partial charge on any atom is 0.119 e. The lowest BCUT2D eigenvalue weighted by Gasteiger charge is -2.10. The topological polar surface area (TPSA) is 94.3 Å². The molecule has 0 fully saturated rings. The summed E-state index contributed by atoms with van der Waals surface area (Å²) in [4.78, 5) is 19.4. The maximum absolute atomic E-state index is 6.46. The van der Waals surface area contributed by atoms with Gasteiger partial charge in [-0.2, -0.15) is 0 Å². The molecule has 9 rings (SSSR count). The zero-order valence-corrected chi connectivity index (χ0v) is 68.2. The molecule has 108 heavy (non-hydrogen) atoms. The normalized spacial score (nSPS) is 11.9. The predicted molar refractivity (Wildman–Crippen MR) is 467 cm³/mol. The molecule has 2 aliphatic heterocycles. The van der Waals surface area contributed by atoms with Crippen molar-refractivity contribution < 1.29 is 18.9 Å². The Morgan fingerprint density at radius 2 is 0.352 bits per heavy atom. The summed E-state index contributed by atoms with van der Waals surface area (Å²) in [6.07, 6.45) is 72.2. The molecular formula is C100H142N4O4. The fourth-order valence-corrected chi connectivity index (χ4v) is 15.8. The molecule has 0 atom stereocenters. The third-order valence-corrected chi connectivity index (χ3v) is 22.4. The molecule has 0 saturated heterocycles. The maximum atomic E-state index is 6.46. The highest BCUT2D eigenvalue weighted by Gasteiger charge is 2.20. The fourth-order valence-electron chi connectivity index (χ4n) is 15.8. The van der Waals surface area contributed by atoms with E-state index in [1.54, 1.807) is 0 Å². The molecule has 8 heteroatoms. The number of rotatable bonds is 60. The minimum absolute atomic E-state index is 0.718.